The molecule has 1 heterocycles. The third-order valence-electron chi connectivity index (χ3n) is 3.07. The van der Waals surface area contributed by atoms with Gasteiger partial charge < -0.3 is 0 Å². The van der Waals surface area contributed by atoms with E-state index in [-0.39, 0.29) is 10.5 Å². The van der Waals surface area contributed by atoms with Gasteiger partial charge in [0, 0.05) is 0 Å². The van der Waals surface area contributed by atoms with Gasteiger partial charge in [-0.2, -0.15) is 0 Å². The molecule has 0 aromatic carbocycles. The van der Waals surface area contributed by atoms with Gasteiger partial charge in [0.25, 0.3) is 0 Å². The molecule has 0 N–H and O–H groups in total. The van der Waals surface area contributed by atoms with Gasteiger partial charge in [0.05, 0.1) is 10.5 Å². The molecule has 0 radical (unpaired) electrons. The van der Waals surface area contributed by atoms with Crippen molar-refractivity contribution < 1.29 is 8.42 Å². The summed E-state index contributed by atoms with van der Waals surface area (Å²) in [5.41, 5.74) is 0. The van der Waals surface area contributed by atoms with E-state index in [9.17, 15) is 8.42 Å². The third kappa shape index (κ3) is 3.07. The molecule has 0 aliphatic carbocycles. The van der Waals surface area contributed by atoms with Gasteiger partial charge in [-0.05, 0) is 12.8 Å². The van der Waals surface area contributed by atoms with E-state index in [0.29, 0.717) is 0 Å². The number of sulfone groups is 1. The van der Waals surface area contributed by atoms with E-state index in [2.05, 4.69) is 13.8 Å². The largest absolute Gasteiger partial charge is 0.228 e. The summed E-state index contributed by atoms with van der Waals surface area (Å²) in [6, 6.07) is 0. The standard InChI is InChI=1S/C12H22O2S/c1-3-5-7-11-9-10-12(8-6-4-2)15(11,13)14/h9-12H,3-8H2,1-2H3/t11-,12+. The summed E-state index contributed by atoms with van der Waals surface area (Å²) in [4.78, 5) is 0. The van der Waals surface area contributed by atoms with Crippen LogP contribution in [0.5, 0.6) is 0 Å². The van der Waals surface area contributed by atoms with Gasteiger partial charge in [0.15, 0.2) is 9.84 Å². The van der Waals surface area contributed by atoms with Gasteiger partial charge in [-0.25, -0.2) is 8.42 Å². The first kappa shape index (κ1) is 12.8. The topological polar surface area (TPSA) is 34.1 Å². The van der Waals surface area contributed by atoms with Crippen molar-refractivity contribution in [2.24, 2.45) is 0 Å². The second-order valence-electron chi connectivity index (χ2n) is 4.34. The number of hydrogen-bond donors (Lipinski definition) is 0. The highest BCUT2D eigenvalue weighted by molar-refractivity contribution is 7.93. The summed E-state index contributed by atoms with van der Waals surface area (Å²) in [5.74, 6) is 0. The molecule has 1 rings (SSSR count). The molecule has 0 saturated carbocycles. The fourth-order valence-corrected chi connectivity index (χ4v) is 4.08. The lowest BCUT2D eigenvalue weighted by atomic mass is 10.1. The van der Waals surface area contributed by atoms with Crippen LogP contribution in [0.2, 0.25) is 0 Å². The Labute approximate surface area is 93.7 Å². The molecule has 0 saturated heterocycles. The highest BCUT2D eigenvalue weighted by Gasteiger charge is 2.34. The van der Waals surface area contributed by atoms with Crippen LogP contribution in [0.3, 0.4) is 0 Å². The van der Waals surface area contributed by atoms with E-state index >= 15 is 0 Å². The molecular formula is C12H22O2S. The van der Waals surface area contributed by atoms with E-state index in [1.165, 1.54) is 0 Å². The van der Waals surface area contributed by atoms with Crippen LogP contribution in [0.15, 0.2) is 12.2 Å². The van der Waals surface area contributed by atoms with Crippen LogP contribution in [-0.4, -0.2) is 18.9 Å². The average Bonchev–Trinajstić information content (AvgIpc) is 2.48. The van der Waals surface area contributed by atoms with E-state index in [4.69, 9.17) is 0 Å². The van der Waals surface area contributed by atoms with Crippen molar-refractivity contribution >= 4 is 9.84 Å². The summed E-state index contributed by atoms with van der Waals surface area (Å²) in [6.45, 7) is 4.19. The molecular weight excluding hydrogens is 208 g/mol. The summed E-state index contributed by atoms with van der Waals surface area (Å²) >= 11 is 0. The first-order valence-electron chi connectivity index (χ1n) is 6.04. The van der Waals surface area contributed by atoms with Gasteiger partial charge >= 0.3 is 0 Å². The Morgan fingerprint density at radius 1 is 0.933 bits per heavy atom. The highest BCUT2D eigenvalue weighted by Crippen LogP contribution is 2.27. The molecule has 2 atom stereocenters. The first-order chi connectivity index (χ1) is 7.12. The number of unbranched alkanes of at least 4 members (excludes halogenated alkanes) is 2. The van der Waals surface area contributed by atoms with Gasteiger partial charge in [-0.3, -0.25) is 0 Å². The minimum Gasteiger partial charge on any atom is -0.228 e. The molecule has 1 aliphatic rings. The van der Waals surface area contributed by atoms with Gasteiger partial charge in [-0.1, -0.05) is 51.7 Å². The third-order valence-corrected chi connectivity index (χ3v) is 5.54. The predicted octanol–water partition coefficient (Wildman–Crippen LogP) is 3.09. The monoisotopic (exact) mass is 230 g/mol. The summed E-state index contributed by atoms with van der Waals surface area (Å²) in [7, 11) is -2.88. The Balaban J connectivity index is 2.56. The lowest BCUT2D eigenvalue weighted by Crippen LogP contribution is -2.24. The molecule has 2 nitrogen and oxygen atoms in total. The SMILES string of the molecule is CCCC[C@H]1C=C[C@@H](CCCC)S1(=O)=O. The zero-order chi connectivity index (χ0) is 11.3. The van der Waals surface area contributed by atoms with Crippen LogP contribution < -0.4 is 0 Å². The zero-order valence-electron chi connectivity index (χ0n) is 9.78. The average molecular weight is 230 g/mol. The summed E-state index contributed by atoms with van der Waals surface area (Å²) in [5, 5.41) is -0.390. The molecule has 0 amide bonds. The Morgan fingerprint density at radius 3 is 1.67 bits per heavy atom. The molecule has 0 aromatic rings. The van der Waals surface area contributed by atoms with Crippen LogP contribution in [0, 0.1) is 0 Å². The lowest BCUT2D eigenvalue weighted by Gasteiger charge is -2.13. The van der Waals surface area contributed by atoms with Crippen molar-refractivity contribution in [1.29, 1.82) is 0 Å². The highest BCUT2D eigenvalue weighted by atomic mass is 32.2. The van der Waals surface area contributed by atoms with E-state index in [1.807, 2.05) is 12.2 Å². The molecule has 0 bridgehead atoms. The predicted molar refractivity (Wildman–Crippen MR) is 64.7 cm³/mol. The van der Waals surface area contributed by atoms with Crippen LogP contribution >= 0.6 is 0 Å². The van der Waals surface area contributed by atoms with Crippen LogP contribution in [0.1, 0.15) is 52.4 Å². The van der Waals surface area contributed by atoms with E-state index in [1.54, 1.807) is 0 Å². The quantitative estimate of drug-likeness (QED) is 0.657. The Bertz CT molecular complexity index is 280. The minimum absolute atomic E-state index is 0.195. The van der Waals surface area contributed by atoms with Crippen molar-refractivity contribution in [2.45, 2.75) is 62.9 Å². The maximum atomic E-state index is 12.0. The molecule has 3 heteroatoms. The Kier molecular flexibility index (Phi) is 4.84. The van der Waals surface area contributed by atoms with Crippen LogP contribution in [-0.2, 0) is 9.84 Å². The van der Waals surface area contributed by atoms with Crippen molar-refractivity contribution in [3.8, 4) is 0 Å². The molecule has 15 heavy (non-hydrogen) atoms. The Hall–Kier alpha value is -0.310. The second kappa shape index (κ2) is 5.69. The number of rotatable bonds is 6. The first-order valence-corrected chi connectivity index (χ1v) is 7.64. The number of hydrogen-bond acceptors (Lipinski definition) is 2. The molecule has 0 fully saturated rings. The van der Waals surface area contributed by atoms with Crippen LogP contribution in [0.4, 0.5) is 0 Å². The minimum atomic E-state index is -2.88. The fraction of sp³-hybridized carbons (Fsp3) is 0.833. The van der Waals surface area contributed by atoms with Crippen molar-refractivity contribution in [3.05, 3.63) is 12.2 Å². The molecule has 1 aliphatic heterocycles. The summed E-state index contributed by atoms with van der Waals surface area (Å²) < 4.78 is 24.1. The Morgan fingerprint density at radius 2 is 1.33 bits per heavy atom. The molecule has 0 unspecified atom stereocenters. The fourth-order valence-electron chi connectivity index (χ4n) is 2.02. The van der Waals surface area contributed by atoms with E-state index < -0.39 is 9.84 Å². The van der Waals surface area contributed by atoms with Crippen molar-refractivity contribution in [3.63, 3.8) is 0 Å². The van der Waals surface area contributed by atoms with Crippen molar-refractivity contribution in [1.82, 2.24) is 0 Å². The molecule has 0 aromatic heterocycles. The summed E-state index contributed by atoms with van der Waals surface area (Å²) in [6.07, 6.45) is 9.58. The maximum Gasteiger partial charge on any atom is 0.163 e. The lowest BCUT2D eigenvalue weighted by molar-refractivity contribution is 0.570. The van der Waals surface area contributed by atoms with Crippen molar-refractivity contribution in [2.75, 3.05) is 0 Å². The van der Waals surface area contributed by atoms with Gasteiger partial charge in [-0.15, -0.1) is 0 Å². The van der Waals surface area contributed by atoms with Gasteiger partial charge in [0.1, 0.15) is 0 Å². The second-order valence-corrected chi connectivity index (χ2v) is 6.72. The maximum absolute atomic E-state index is 12.0. The van der Waals surface area contributed by atoms with Crippen LogP contribution in [0.25, 0.3) is 0 Å². The van der Waals surface area contributed by atoms with E-state index in [0.717, 1.165) is 38.5 Å². The normalized spacial score (nSPS) is 28.4. The smallest absolute Gasteiger partial charge is 0.163 e. The molecule has 0 spiro atoms. The van der Waals surface area contributed by atoms with Gasteiger partial charge in [0.2, 0.25) is 0 Å². The zero-order valence-corrected chi connectivity index (χ0v) is 10.6. The molecule has 88 valence electrons.